The minimum atomic E-state index is -0.609. The summed E-state index contributed by atoms with van der Waals surface area (Å²) in [6.45, 7) is 1.26. The Morgan fingerprint density at radius 1 is 1.25 bits per heavy atom. The summed E-state index contributed by atoms with van der Waals surface area (Å²) in [5.41, 5.74) is 6.18. The highest BCUT2D eigenvalue weighted by atomic mass is 35.5. The van der Waals surface area contributed by atoms with Crippen LogP contribution in [0.15, 0.2) is 42.9 Å². The molecular formula is C18H19ClN8O. The van der Waals surface area contributed by atoms with Crippen LogP contribution in [0.4, 0.5) is 11.8 Å². The van der Waals surface area contributed by atoms with Gasteiger partial charge in [-0.1, -0.05) is 23.7 Å². The van der Waals surface area contributed by atoms with Crippen LogP contribution in [0, 0.1) is 5.41 Å². The van der Waals surface area contributed by atoms with Crippen LogP contribution < -0.4 is 16.0 Å². The van der Waals surface area contributed by atoms with Crippen LogP contribution in [-0.4, -0.2) is 44.1 Å². The number of nitrogens with one attached hydrogen (secondary N) is 2. The molecule has 9 nitrogen and oxygen atoms in total. The van der Waals surface area contributed by atoms with E-state index in [-0.39, 0.29) is 12.5 Å². The molecule has 0 atom stereocenters. The Kier molecular flexibility index (Phi) is 4.82. The first-order chi connectivity index (χ1) is 13.5. The fourth-order valence-electron chi connectivity index (χ4n) is 3.34. The van der Waals surface area contributed by atoms with E-state index >= 15 is 0 Å². The van der Waals surface area contributed by atoms with E-state index in [1.807, 2.05) is 29.2 Å². The maximum absolute atomic E-state index is 13.1. The number of amides is 1. The van der Waals surface area contributed by atoms with Gasteiger partial charge in [-0.2, -0.15) is 10.1 Å². The van der Waals surface area contributed by atoms with Crippen molar-refractivity contribution >= 4 is 29.3 Å². The molecule has 2 aromatic heterocycles. The van der Waals surface area contributed by atoms with Crippen LogP contribution >= 0.6 is 11.6 Å². The maximum atomic E-state index is 13.1. The maximum Gasteiger partial charge on any atom is 0.230 e. The van der Waals surface area contributed by atoms with Crippen molar-refractivity contribution < 1.29 is 4.79 Å². The van der Waals surface area contributed by atoms with Crippen molar-refractivity contribution in [3.63, 3.8) is 0 Å². The predicted octanol–water partition coefficient (Wildman–Crippen LogP) is 1.20. The molecule has 1 aliphatic rings. The van der Waals surface area contributed by atoms with Crippen molar-refractivity contribution in [2.24, 2.45) is 5.41 Å². The van der Waals surface area contributed by atoms with E-state index in [1.54, 1.807) is 12.3 Å². The largest absolute Gasteiger partial charge is 0.384 e. The summed E-state index contributed by atoms with van der Waals surface area (Å²) in [5, 5.41) is 10.2. The van der Waals surface area contributed by atoms with Crippen LogP contribution in [0.1, 0.15) is 11.4 Å². The zero-order valence-electron chi connectivity index (χ0n) is 15.0. The Morgan fingerprint density at radius 2 is 2.04 bits per heavy atom. The average Bonchev–Trinajstić information content (AvgIpc) is 3.17. The number of aromatic amines is 1. The molecule has 1 aliphatic heterocycles. The van der Waals surface area contributed by atoms with Crippen LogP contribution in [0.25, 0.3) is 0 Å². The fourth-order valence-corrected chi connectivity index (χ4v) is 3.46. The fraction of sp³-hybridized carbons (Fsp3) is 0.278. The van der Waals surface area contributed by atoms with Gasteiger partial charge in [0.1, 0.15) is 18.0 Å². The third kappa shape index (κ3) is 3.74. The SMILES string of the molecule is Nc1ccnc(N2CC(Cc3ccc(Cl)cc3)(C(=O)NCc3ncn[nH]3)C2)n1. The molecule has 1 saturated heterocycles. The molecule has 0 bridgehead atoms. The standard InChI is InChI=1S/C18H19ClN8O/c19-13-3-1-12(2-4-13)7-18(16(28)22-8-15-23-11-24-26-15)9-27(10-18)17-21-6-5-14(20)25-17/h1-6,11H,7-10H2,(H,22,28)(H2,20,21,25)(H,23,24,26). The third-order valence-electron chi connectivity index (χ3n) is 4.75. The minimum absolute atomic E-state index is 0.0565. The quantitative estimate of drug-likeness (QED) is 0.569. The van der Waals surface area contributed by atoms with Crippen molar-refractivity contribution in [2.75, 3.05) is 23.7 Å². The summed E-state index contributed by atoms with van der Waals surface area (Å²) < 4.78 is 0. The van der Waals surface area contributed by atoms with Crippen molar-refractivity contribution in [1.29, 1.82) is 0 Å². The Hall–Kier alpha value is -3.20. The number of hydrogen-bond acceptors (Lipinski definition) is 7. The van der Waals surface area contributed by atoms with Crippen molar-refractivity contribution in [3.8, 4) is 0 Å². The molecule has 144 valence electrons. The topological polar surface area (TPSA) is 126 Å². The molecule has 28 heavy (non-hydrogen) atoms. The van der Waals surface area contributed by atoms with E-state index < -0.39 is 5.41 Å². The highest BCUT2D eigenvalue weighted by Crippen LogP contribution is 2.37. The number of nitrogens with zero attached hydrogens (tertiary/aromatic N) is 5. The van der Waals surface area contributed by atoms with Crippen molar-refractivity contribution in [2.45, 2.75) is 13.0 Å². The van der Waals surface area contributed by atoms with Gasteiger partial charge in [0, 0.05) is 24.3 Å². The van der Waals surface area contributed by atoms with E-state index in [4.69, 9.17) is 17.3 Å². The second-order valence-corrected chi connectivity index (χ2v) is 7.27. The summed E-state index contributed by atoms with van der Waals surface area (Å²) in [6, 6.07) is 9.16. The molecule has 0 spiro atoms. The van der Waals surface area contributed by atoms with Crippen LogP contribution in [0.5, 0.6) is 0 Å². The van der Waals surface area contributed by atoms with Crippen molar-refractivity contribution in [3.05, 3.63) is 59.3 Å². The summed E-state index contributed by atoms with van der Waals surface area (Å²) in [7, 11) is 0. The molecular weight excluding hydrogens is 380 g/mol. The lowest BCUT2D eigenvalue weighted by Crippen LogP contribution is -2.64. The molecule has 1 fully saturated rings. The van der Waals surface area contributed by atoms with Gasteiger partial charge in [0.2, 0.25) is 11.9 Å². The van der Waals surface area contributed by atoms with Gasteiger partial charge in [-0.05, 0) is 30.2 Å². The van der Waals surface area contributed by atoms with Crippen LogP contribution in [-0.2, 0) is 17.8 Å². The van der Waals surface area contributed by atoms with Gasteiger partial charge in [0.05, 0.1) is 12.0 Å². The number of nitrogen functional groups attached to an aromatic ring is 1. The third-order valence-corrected chi connectivity index (χ3v) is 5.01. The van der Waals surface area contributed by atoms with Gasteiger partial charge >= 0.3 is 0 Å². The number of anilines is 2. The Bertz CT molecular complexity index is 954. The Labute approximate surface area is 166 Å². The molecule has 0 radical (unpaired) electrons. The molecule has 10 heteroatoms. The molecule has 3 aromatic rings. The van der Waals surface area contributed by atoms with Crippen LogP contribution in [0.3, 0.4) is 0 Å². The summed E-state index contributed by atoms with van der Waals surface area (Å²) in [4.78, 5) is 27.6. The first kappa shape index (κ1) is 18.2. The monoisotopic (exact) mass is 398 g/mol. The molecule has 0 aliphatic carbocycles. The zero-order chi connectivity index (χ0) is 19.6. The molecule has 4 N–H and O–H groups in total. The number of hydrogen-bond donors (Lipinski definition) is 3. The van der Waals surface area contributed by atoms with E-state index in [9.17, 15) is 4.79 Å². The first-order valence-electron chi connectivity index (χ1n) is 8.75. The van der Waals surface area contributed by atoms with Crippen LogP contribution in [0.2, 0.25) is 5.02 Å². The average molecular weight is 399 g/mol. The highest BCUT2D eigenvalue weighted by Gasteiger charge is 2.50. The van der Waals surface area contributed by atoms with E-state index in [1.165, 1.54) is 6.33 Å². The smallest absolute Gasteiger partial charge is 0.230 e. The normalized spacial score (nSPS) is 15.1. The Morgan fingerprint density at radius 3 is 2.71 bits per heavy atom. The lowest BCUT2D eigenvalue weighted by Gasteiger charge is -2.49. The number of nitrogens with two attached hydrogens (primary N) is 1. The lowest BCUT2D eigenvalue weighted by molar-refractivity contribution is -0.132. The molecule has 4 rings (SSSR count). The van der Waals surface area contributed by atoms with E-state index in [2.05, 4.69) is 30.5 Å². The lowest BCUT2D eigenvalue weighted by atomic mass is 9.74. The molecule has 0 unspecified atom stereocenters. The number of aromatic nitrogens is 5. The van der Waals surface area contributed by atoms with Gasteiger partial charge in [0.15, 0.2) is 0 Å². The van der Waals surface area contributed by atoms with Crippen molar-refractivity contribution in [1.82, 2.24) is 30.5 Å². The molecule has 1 amide bonds. The summed E-state index contributed by atoms with van der Waals surface area (Å²) in [6.07, 6.45) is 3.60. The van der Waals surface area contributed by atoms with Gasteiger partial charge in [-0.15, -0.1) is 0 Å². The number of carbonyl (C=O) groups excluding carboxylic acids is 1. The molecule has 1 aromatic carbocycles. The van der Waals surface area contributed by atoms with E-state index in [0.717, 1.165) is 5.56 Å². The molecule has 3 heterocycles. The zero-order valence-corrected chi connectivity index (χ0v) is 15.7. The van der Waals surface area contributed by atoms with Gasteiger partial charge in [-0.3, -0.25) is 9.89 Å². The predicted molar refractivity (Wildman–Crippen MR) is 104 cm³/mol. The highest BCUT2D eigenvalue weighted by molar-refractivity contribution is 6.30. The number of benzene rings is 1. The summed E-state index contributed by atoms with van der Waals surface area (Å²) >= 11 is 5.99. The summed E-state index contributed by atoms with van der Waals surface area (Å²) in [5.74, 6) is 1.47. The minimum Gasteiger partial charge on any atom is -0.384 e. The second-order valence-electron chi connectivity index (χ2n) is 6.84. The van der Waals surface area contributed by atoms with E-state index in [0.29, 0.717) is 42.1 Å². The number of rotatable bonds is 6. The Balaban J connectivity index is 1.51. The number of halogens is 1. The second kappa shape index (κ2) is 7.43. The number of carbonyl (C=O) groups is 1. The molecule has 0 saturated carbocycles. The van der Waals surface area contributed by atoms with Gasteiger partial charge < -0.3 is 16.0 Å². The van der Waals surface area contributed by atoms with Gasteiger partial charge in [-0.25, -0.2) is 9.97 Å². The van der Waals surface area contributed by atoms with Gasteiger partial charge in [0.25, 0.3) is 0 Å². The number of H-pyrrole nitrogens is 1. The first-order valence-corrected chi connectivity index (χ1v) is 9.12.